The third-order valence-corrected chi connectivity index (χ3v) is 3.86. The van der Waals surface area contributed by atoms with Crippen molar-refractivity contribution in [1.29, 1.82) is 0 Å². The van der Waals surface area contributed by atoms with Crippen LogP contribution in [-0.2, 0) is 0 Å². The van der Waals surface area contributed by atoms with E-state index in [1.807, 2.05) is 42.5 Å². The lowest BCUT2D eigenvalue weighted by molar-refractivity contribution is 0.252. The van der Waals surface area contributed by atoms with Crippen LogP contribution in [0.1, 0.15) is 25.7 Å². The molecular formula is C19H27N3O. The summed E-state index contributed by atoms with van der Waals surface area (Å²) in [5.74, 6) is 0. The maximum absolute atomic E-state index is 12.0. The van der Waals surface area contributed by atoms with Crippen LogP contribution in [0.4, 0.5) is 10.5 Å². The number of fused-ring (bicyclic) bond motifs is 1. The number of amides is 2. The van der Waals surface area contributed by atoms with E-state index in [2.05, 4.69) is 29.6 Å². The number of benzene rings is 2. The number of rotatable bonds is 8. The molecule has 0 heterocycles. The van der Waals surface area contributed by atoms with Gasteiger partial charge in [0, 0.05) is 11.9 Å². The summed E-state index contributed by atoms with van der Waals surface area (Å²) in [7, 11) is 4.19. The summed E-state index contributed by atoms with van der Waals surface area (Å²) in [4.78, 5) is 14.2. The van der Waals surface area contributed by atoms with Crippen LogP contribution in [0.2, 0.25) is 0 Å². The van der Waals surface area contributed by atoms with Gasteiger partial charge >= 0.3 is 6.03 Å². The third kappa shape index (κ3) is 5.91. The molecule has 0 radical (unpaired) electrons. The van der Waals surface area contributed by atoms with Gasteiger partial charge in [-0.25, -0.2) is 4.79 Å². The molecule has 0 saturated heterocycles. The van der Waals surface area contributed by atoms with Crippen molar-refractivity contribution in [2.75, 3.05) is 32.5 Å². The molecule has 2 aromatic carbocycles. The molecule has 2 amide bonds. The number of urea groups is 1. The summed E-state index contributed by atoms with van der Waals surface area (Å²) in [6.07, 6.45) is 4.61. The smallest absolute Gasteiger partial charge is 0.319 e. The lowest BCUT2D eigenvalue weighted by Gasteiger charge is -2.11. The Balaban J connectivity index is 1.70. The van der Waals surface area contributed by atoms with E-state index in [0.29, 0.717) is 0 Å². The molecule has 4 heteroatoms. The highest BCUT2D eigenvalue weighted by Crippen LogP contribution is 2.22. The number of anilines is 1. The highest BCUT2D eigenvalue weighted by atomic mass is 16.2. The zero-order valence-corrected chi connectivity index (χ0v) is 14.1. The van der Waals surface area contributed by atoms with Gasteiger partial charge in [-0.2, -0.15) is 0 Å². The van der Waals surface area contributed by atoms with Crippen molar-refractivity contribution in [3.8, 4) is 0 Å². The standard InChI is InChI=1S/C19H27N3O/c1-22(2)15-8-4-3-7-14-20-19(23)21-18-13-9-11-16-10-5-6-12-17(16)18/h5-6,9-13H,3-4,7-8,14-15H2,1-2H3,(H2,20,21,23). The van der Waals surface area contributed by atoms with Crippen LogP contribution in [0.15, 0.2) is 42.5 Å². The van der Waals surface area contributed by atoms with Crippen molar-refractivity contribution in [3.63, 3.8) is 0 Å². The van der Waals surface area contributed by atoms with Crippen molar-refractivity contribution in [3.05, 3.63) is 42.5 Å². The summed E-state index contributed by atoms with van der Waals surface area (Å²) in [6, 6.07) is 13.9. The largest absolute Gasteiger partial charge is 0.338 e. The summed E-state index contributed by atoms with van der Waals surface area (Å²) in [5, 5.41) is 8.07. The van der Waals surface area contributed by atoms with Crippen LogP contribution < -0.4 is 10.6 Å². The molecule has 23 heavy (non-hydrogen) atoms. The van der Waals surface area contributed by atoms with Crippen LogP contribution in [0.5, 0.6) is 0 Å². The van der Waals surface area contributed by atoms with E-state index in [1.54, 1.807) is 0 Å². The molecule has 2 rings (SSSR count). The molecule has 0 atom stereocenters. The molecule has 0 aliphatic heterocycles. The zero-order valence-electron chi connectivity index (χ0n) is 14.1. The molecule has 0 bridgehead atoms. The lowest BCUT2D eigenvalue weighted by Crippen LogP contribution is -2.29. The molecule has 0 fully saturated rings. The van der Waals surface area contributed by atoms with Gasteiger partial charge < -0.3 is 15.5 Å². The normalized spacial score (nSPS) is 10.9. The Morgan fingerprint density at radius 2 is 1.70 bits per heavy atom. The summed E-state index contributed by atoms with van der Waals surface area (Å²) in [6.45, 7) is 1.85. The van der Waals surface area contributed by atoms with Crippen LogP contribution in [0.3, 0.4) is 0 Å². The molecule has 2 aromatic rings. The molecule has 2 N–H and O–H groups in total. The van der Waals surface area contributed by atoms with Crippen molar-refractivity contribution in [2.45, 2.75) is 25.7 Å². The second kappa shape index (κ2) is 9.16. The molecule has 0 unspecified atom stereocenters. The van der Waals surface area contributed by atoms with Crippen molar-refractivity contribution in [1.82, 2.24) is 10.2 Å². The lowest BCUT2D eigenvalue weighted by atomic mass is 10.1. The van der Waals surface area contributed by atoms with Gasteiger partial charge in [-0.3, -0.25) is 0 Å². The average molecular weight is 313 g/mol. The van der Waals surface area contributed by atoms with Crippen molar-refractivity contribution < 1.29 is 4.79 Å². The van der Waals surface area contributed by atoms with Gasteiger partial charge in [0.05, 0.1) is 5.69 Å². The monoisotopic (exact) mass is 313 g/mol. The fraction of sp³-hybridized carbons (Fsp3) is 0.421. The highest BCUT2D eigenvalue weighted by Gasteiger charge is 2.04. The highest BCUT2D eigenvalue weighted by molar-refractivity contribution is 6.01. The maximum Gasteiger partial charge on any atom is 0.319 e. The van der Waals surface area contributed by atoms with E-state index < -0.39 is 0 Å². The van der Waals surface area contributed by atoms with Crippen LogP contribution in [0.25, 0.3) is 10.8 Å². The molecule has 0 saturated carbocycles. The van der Waals surface area contributed by atoms with Gasteiger partial charge in [-0.05, 0) is 44.9 Å². The summed E-state index contributed by atoms with van der Waals surface area (Å²) in [5.41, 5.74) is 0.853. The summed E-state index contributed by atoms with van der Waals surface area (Å²) < 4.78 is 0. The Bertz CT molecular complexity index is 620. The number of carbonyl (C=O) groups is 1. The Kier molecular flexibility index (Phi) is 6.88. The molecule has 0 aromatic heterocycles. The SMILES string of the molecule is CN(C)CCCCCCNC(=O)Nc1cccc2ccccc12. The molecule has 4 nitrogen and oxygen atoms in total. The Hall–Kier alpha value is -2.07. The molecule has 0 aliphatic carbocycles. The first-order valence-electron chi connectivity index (χ1n) is 8.34. The second-order valence-electron chi connectivity index (χ2n) is 6.13. The molecular weight excluding hydrogens is 286 g/mol. The second-order valence-corrected chi connectivity index (χ2v) is 6.13. The van der Waals surface area contributed by atoms with Gasteiger partial charge in [0.1, 0.15) is 0 Å². The Morgan fingerprint density at radius 1 is 0.957 bits per heavy atom. The van der Waals surface area contributed by atoms with E-state index in [-0.39, 0.29) is 6.03 Å². The average Bonchev–Trinajstić information content (AvgIpc) is 2.54. The van der Waals surface area contributed by atoms with E-state index >= 15 is 0 Å². The van der Waals surface area contributed by atoms with E-state index in [1.165, 1.54) is 12.8 Å². The number of nitrogens with one attached hydrogen (secondary N) is 2. The molecule has 0 aliphatic rings. The van der Waals surface area contributed by atoms with Gasteiger partial charge in [0.15, 0.2) is 0 Å². The number of hydrogen-bond donors (Lipinski definition) is 2. The van der Waals surface area contributed by atoms with Crippen LogP contribution in [-0.4, -0.2) is 38.1 Å². The van der Waals surface area contributed by atoms with Crippen LogP contribution >= 0.6 is 0 Å². The quantitative estimate of drug-likeness (QED) is 0.721. The van der Waals surface area contributed by atoms with Crippen molar-refractivity contribution in [2.24, 2.45) is 0 Å². The number of carbonyl (C=O) groups excluding carboxylic acids is 1. The Labute approximate surface area is 138 Å². The third-order valence-electron chi connectivity index (χ3n) is 3.86. The van der Waals surface area contributed by atoms with Gasteiger partial charge in [0.25, 0.3) is 0 Å². The fourth-order valence-electron chi connectivity index (χ4n) is 2.61. The number of unbranched alkanes of at least 4 members (excludes halogenated alkanes) is 3. The van der Waals surface area contributed by atoms with Gasteiger partial charge in [-0.1, -0.05) is 49.2 Å². The minimum Gasteiger partial charge on any atom is -0.338 e. The van der Waals surface area contributed by atoms with Gasteiger partial charge in [-0.15, -0.1) is 0 Å². The predicted molar refractivity (Wildman–Crippen MR) is 98.0 cm³/mol. The fourth-order valence-corrected chi connectivity index (χ4v) is 2.61. The first-order valence-corrected chi connectivity index (χ1v) is 8.34. The first-order chi connectivity index (χ1) is 11.2. The van der Waals surface area contributed by atoms with E-state index in [0.717, 1.165) is 42.4 Å². The topological polar surface area (TPSA) is 44.4 Å². The van der Waals surface area contributed by atoms with Gasteiger partial charge in [0.2, 0.25) is 0 Å². The number of nitrogens with zero attached hydrogens (tertiary/aromatic N) is 1. The zero-order chi connectivity index (χ0) is 16.5. The minimum absolute atomic E-state index is 0.130. The molecule has 0 spiro atoms. The van der Waals surface area contributed by atoms with Crippen LogP contribution in [0, 0.1) is 0 Å². The van der Waals surface area contributed by atoms with E-state index in [4.69, 9.17) is 0 Å². The predicted octanol–water partition coefficient (Wildman–Crippen LogP) is 4.08. The molecule has 124 valence electrons. The summed E-state index contributed by atoms with van der Waals surface area (Å²) >= 11 is 0. The van der Waals surface area contributed by atoms with Crippen molar-refractivity contribution >= 4 is 22.5 Å². The minimum atomic E-state index is -0.130. The number of hydrogen-bond acceptors (Lipinski definition) is 2. The Morgan fingerprint density at radius 3 is 2.52 bits per heavy atom. The maximum atomic E-state index is 12.0. The first kappa shape index (κ1) is 17.3. The van der Waals surface area contributed by atoms with E-state index in [9.17, 15) is 4.79 Å².